The van der Waals surface area contributed by atoms with E-state index in [-0.39, 0.29) is 12.5 Å². The van der Waals surface area contributed by atoms with Crippen molar-refractivity contribution in [2.45, 2.75) is 19.8 Å². The van der Waals surface area contributed by atoms with Crippen LogP contribution in [-0.4, -0.2) is 47.1 Å². The first-order valence-corrected chi connectivity index (χ1v) is 8.54. The average Bonchev–Trinajstić information content (AvgIpc) is 2.93. The number of ketones is 1. The van der Waals surface area contributed by atoms with Crippen LogP contribution in [0.1, 0.15) is 18.9 Å². The van der Waals surface area contributed by atoms with Crippen LogP contribution in [0.2, 0.25) is 0 Å². The Bertz CT molecular complexity index is 818. The maximum absolute atomic E-state index is 12.1. The van der Waals surface area contributed by atoms with Gasteiger partial charge in [0.05, 0.1) is 5.52 Å². The number of pyridine rings is 1. The van der Waals surface area contributed by atoms with Crippen molar-refractivity contribution < 1.29 is 14.4 Å². The largest absolute Gasteiger partial charge is 0.355 e. The molecule has 6 heteroatoms. The molecule has 2 amide bonds. The molecule has 6 nitrogen and oxygen atoms in total. The van der Waals surface area contributed by atoms with Gasteiger partial charge in [-0.05, 0) is 37.5 Å². The highest BCUT2D eigenvalue weighted by Gasteiger charge is 2.42. The van der Waals surface area contributed by atoms with Crippen LogP contribution >= 0.6 is 0 Å². The summed E-state index contributed by atoms with van der Waals surface area (Å²) in [6.45, 7) is 2.90. The van der Waals surface area contributed by atoms with Crippen molar-refractivity contribution in [1.82, 2.24) is 15.2 Å². The van der Waals surface area contributed by atoms with E-state index in [2.05, 4.69) is 16.4 Å². The Kier molecular flexibility index (Phi) is 5.07. The number of nitrogens with one attached hydrogen (secondary N) is 1. The van der Waals surface area contributed by atoms with Crippen LogP contribution in [-0.2, 0) is 20.8 Å². The molecule has 2 heterocycles. The molecule has 0 radical (unpaired) electrons. The molecule has 1 atom stereocenters. The molecule has 1 fully saturated rings. The number of aromatic nitrogens is 1. The van der Waals surface area contributed by atoms with Gasteiger partial charge >= 0.3 is 0 Å². The molecule has 1 saturated heterocycles. The monoisotopic (exact) mass is 339 g/mol. The summed E-state index contributed by atoms with van der Waals surface area (Å²) in [5.74, 6) is -2.37. The predicted octanol–water partition coefficient (Wildman–Crippen LogP) is 1.33. The van der Waals surface area contributed by atoms with E-state index in [9.17, 15) is 14.4 Å². The highest BCUT2D eigenvalue weighted by atomic mass is 16.2. The Morgan fingerprint density at radius 1 is 1.32 bits per heavy atom. The van der Waals surface area contributed by atoms with Gasteiger partial charge in [-0.15, -0.1) is 0 Å². The Hall–Kier alpha value is -2.76. The topological polar surface area (TPSA) is 79.4 Å². The van der Waals surface area contributed by atoms with Crippen molar-refractivity contribution in [3.8, 4) is 0 Å². The number of hydrogen-bond donors (Lipinski definition) is 1. The highest BCUT2D eigenvalue weighted by molar-refractivity contribution is 6.42. The van der Waals surface area contributed by atoms with E-state index in [1.165, 1.54) is 4.90 Å². The van der Waals surface area contributed by atoms with Crippen molar-refractivity contribution in [2.75, 3.05) is 19.6 Å². The van der Waals surface area contributed by atoms with Gasteiger partial charge in [-0.3, -0.25) is 19.4 Å². The number of nitrogens with zero attached hydrogens (tertiary/aromatic N) is 2. The van der Waals surface area contributed by atoms with Gasteiger partial charge in [0.2, 0.25) is 11.7 Å². The molecule has 2 aromatic rings. The molecule has 3 rings (SSSR count). The summed E-state index contributed by atoms with van der Waals surface area (Å²) >= 11 is 0. The molecule has 0 bridgehead atoms. The summed E-state index contributed by atoms with van der Waals surface area (Å²) in [5.41, 5.74) is 2.07. The number of rotatable bonds is 6. The average molecular weight is 339 g/mol. The quantitative estimate of drug-likeness (QED) is 0.489. The van der Waals surface area contributed by atoms with E-state index in [0.29, 0.717) is 13.1 Å². The first kappa shape index (κ1) is 17.1. The molecule has 25 heavy (non-hydrogen) atoms. The van der Waals surface area contributed by atoms with Crippen molar-refractivity contribution >= 4 is 28.5 Å². The summed E-state index contributed by atoms with van der Waals surface area (Å²) in [6.07, 6.45) is 3.39. The van der Waals surface area contributed by atoms with E-state index in [4.69, 9.17) is 0 Å². The summed E-state index contributed by atoms with van der Waals surface area (Å²) < 4.78 is 0. The summed E-state index contributed by atoms with van der Waals surface area (Å²) in [4.78, 5) is 41.5. The summed E-state index contributed by atoms with van der Waals surface area (Å²) in [5, 5.41) is 3.86. The Balaban J connectivity index is 1.48. The number of aryl methyl sites for hydroxylation is 1. The highest BCUT2D eigenvalue weighted by Crippen LogP contribution is 2.15. The Morgan fingerprint density at radius 2 is 2.12 bits per heavy atom. The van der Waals surface area contributed by atoms with Crippen LogP contribution < -0.4 is 5.32 Å². The first-order valence-electron chi connectivity index (χ1n) is 8.54. The zero-order valence-corrected chi connectivity index (χ0v) is 14.2. The number of likely N-dealkylation sites (N-methyl/N-ethyl adjacent to an activating group) is 1. The normalized spacial score (nSPS) is 17.3. The number of carbonyl (C=O) groups is 3. The smallest absolute Gasteiger partial charge is 0.290 e. The van der Waals surface area contributed by atoms with Gasteiger partial charge in [0.15, 0.2) is 0 Å². The van der Waals surface area contributed by atoms with E-state index >= 15 is 0 Å². The lowest BCUT2D eigenvalue weighted by Gasteiger charge is -2.12. The molecule has 0 aliphatic carbocycles. The van der Waals surface area contributed by atoms with Crippen molar-refractivity contribution in [3.05, 3.63) is 42.1 Å². The fourth-order valence-electron chi connectivity index (χ4n) is 3.05. The molecule has 1 aliphatic rings. The van der Waals surface area contributed by atoms with Crippen LogP contribution in [0.15, 0.2) is 36.5 Å². The van der Waals surface area contributed by atoms with Gasteiger partial charge in [0.25, 0.3) is 5.91 Å². The number of likely N-dealkylation sites (tertiary alicyclic amines) is 1. The maximum atomic E-state index is 12.1. The van der Waals surface area contributed by atoms with E-state index in [0.717, 1.165) is 29.3 Å². The number of para-hydroxylation sites is 1. The lowest BCUT2D eigenvalue weighted by atomic mass is 10.1. The number of Topliss-reactive ketones (excluding diaryl/α,β-unsaturated/α-hetero) is 1. The Morgan fingerprint density at radius 3 is 2.88 bits per heavy atom. The number of benzene rings is 1. The fourth-order valence-corrected chi connectivity index (χ4v) is 3.05. The second-order valence-electron chi connectivity index (χ2n) is 6.19. The summed E-state index contributed by atoms with van der Waals surface area (Å²) in [7, 11) is 0. The minimum Gasteiger partial charge on any atom is -0.355 e. The van der Waals surface area contributed by atoms with Gasteiger partial charge in [-0.2, -0.15) is 0 Å². The molecule has 1 unspecified atom stereocenters. The maximum Gasteiger partial charge on any atom is 0.290 e. The standard InChI is InChI=1S/C19H21N3O3/c1-2-22-12-15(17(23)19(22)25)18(24)20-9-5-6-13-10-14-7-3-4-8-16(14)21-11-13/h3-4,7-8,10-11,15H,2,5-6,9,12H2,1H3,(H,20,24). The second kappa shape index (κ2) is 7.42. The van der Waals surface area contributed by atoms with Gasteiger partial charge in [-0.25, -0.2) is 0 Å². The lowest BCUT2D eigenvalue weighted by Crippen LogP contribution is -2.36. The van der Waals surface area contributed by atoms with E-state index in [1.807, 2.05) is 30.5 Å². The zero-order valence-electron chi connectivity index (χ0n) is 14.2. The third-order valence-electron chi connectivity index (χ3n) is 4.50. The number of carbonyl (C=O) groups excluding carboxylic acids is 3. The van der Waals surface area contributed by atoms with E-state index in [1.54, 1.807) is 6.92 Å². The number of fused-ring (bicyclic) bond motifs is 1. The Labute approximate surface area is 146 Å². The molecule has 0 spiro atoms. The third-order valence-corrected chi connectivity index (χ3v) is 4.50. The van der Waals surface area contributed by atoms with Crippen LogP contribution in [0.4, 0.5) is 0 Å². The van der Waals surface area contributed by atoms with Crippen molar-refractivity contribution in [2.24, 2.45) is 5.92 Å². The van der Waals surface area contributed by atoms with Crippen LogP contribution in [0.5, 0.6) is 0 Å². The molecular weight excluding hydrogens is 318 g/mol. The third kappa shape index (κ3) is 3.68. The van der Waals surface area contributed by atoms with Gasteiger partial charge in [0.1, 0.15) is 5.92 Å². The van der Waals surface area contributed by atoms with Gasteiger partial charge in [0, 0.05) is 31.2 Å². The number of amides is 2. The van der Waals surface area contributed by atoms with E-state index < -0.39 is 17.6 Å². The first-order chi connectivity index (χ1) is 12.1. The minimum atomic E-state index is -0.866. The fraction of sp³-hybridized carbons (Fsp3) is 0.368. The second-order valence-corrected chi connectivity index (χ2v) is 6.19. The summed E-state index contributed by atoms with van der Waals surface area (Å²) in [6, 6.07) is 10.0. The number of hydrogen-bond acceptors (Lipinski definition) is 4. The van der Waals surface area contributed by atoms with Crippen LogP contribution in [0.25, 0.3) is 10.9 Å². The molecule has 1 aromatic carbocycles. The predicted molar refractivity (Wildman–Crippen MR) is 93.8 cm³/mol. The minimum absolute atomic E-state index is 0.189. The van der Waals surface area contributed by atoms with Crippen molar-refractivity contribution in [1.29, 1.82) is 0 Å². The lowest BCUT2D eigenvalue weighted by molar-refractivity contribution is -0.142. The molecule has 1 aliphatic heterocycles. The molecule has 1 aromatic heterocycles. The SMILES string of the molecule is CCN1CC(C(=O)NCCCc2cnc3ccccc3c2)C(=O)C1=O. The zero-order chi connectivity index (χ0) is 17.8. The van der Waals surface area contributed by atoms with Crippen LogP contribution in [0, 0.1) is 5.92 Å². The van der Waals surface area contributed by atoms with Crippen molar-refractivity contribution in [3.63, 3.8) is 0 Å². The van der Waals surface area contributed by atoms with Gasteiger partial charge in [-0.1, -0.05) is 18.2 Å². The van der Waals surface area contributed by atoms with Gasteiger partial charge < -0.3 is 10.2 Å². The molecular formula is C19H21N3O3. The molecule has 1 N–H and O–H groups in total. The molecule has 130 valence electrons. The van der Waals surface area contributed by atoms with Crippen LogP contribution in [0.3, 0.4) is 0 Å². The molecule has 0 saturated carbocycles.